The van der Waals surface area contributed by atoms with E-state index in [9.17, 15) is 5.26 Å². The number of likely N-dealkylation sites (tertiary alicyclic amines) is 1. The number of nitrogens with zero attached hydrogens (tertiary/aromatic N) is 2. The molecular formula is C11H18N2. The van der Waals surface area contributed by atoms with Crippen LogP contribution in [0.25, 0.3) is 0 Å². The van der Waals surface area contributed by atoms with Crippen LogP contribution in [0, 0.1) is 28.6 Å². The van der Waals surface area contributed by atoms with E-state index in [1.54, 1.807) is 0 Å². The van der Waals surface area contributed by atoms with Gasteiger partial charge in [-0.05, 0) is 38.6 Å². The Balaban J connectivity index is 2.25. The van der Waals surface area contributed by atoms with E-state index in [0.29, 0.717) is 11.8 Å². The molecule has 0 aromatic carbocycles. The molecular weight excluding hydrogens is 160 g/mol. The Kier molecular flexibility index (Phi) is 2.08. The van der Waals surface area contributed by atoms with Crippen LogP contribution in [0.5, 0.6) is 0 Å². The minimum atomic E-state index is -0.0231. The third-order valence-corrected chi connectivity index (χ3v) is 4.11. The fraction of sp³-hybridized carbons (Fsp3) is 0.909. The molecule has 1 aliphatic carbocycles. The van der Waals surface area contributed by atoms with Crippen molar-refractivity contribution in [2.75, 3.05) is 20.1 Å². The summed E-state index contributed by atoms with van der Waals surface area (Å²) in [6, 6.07) is 2.58. The molecule has 13 heavy (non-hydrogen) atoms. The van der Waals surface area contributed by atoms with Gasteiger partial charge in [0.1, 0.15) is 0 Å². The first kappa shape index (κ1) is 9.02. The molecule has 1 saturated heterocycles. The summed E-state index contributed by atoms with van der Waals surface area (Å²) in [6.07, 6.45) is 3.84. The van der Waals surface area contributed by atoms with Crippen LogP contribution in [0.15, 0.2) is 0 Å². The zero-order chi connectivity index (χ0) is 9.47. The number of rotatable bonds is 0. The average Bonchev–Trinajstić information content (AvgIpc) is 2.08. The fourth-order valence-electron chi connectivity index (χ4n) is 3.12. The van der Waals surface area contributed by atoms with Crippen molar-refractivity contribution in [1.29, 1.82) is 5.26 Å². The second-order valence-electron chi connectivity index (χ2n) is 4.94. The topological polar surface area (TPSA) is 27.0 Å². The molecule has 0 aromatic heterocycles. The summed E-state index contributed by atoms with van der Waals surface area (Å²) in [6.45, 7) is 4.43. The van der Waals surface area contributed by atoms with E-state index >= 15 is 0 Å². The number of piperidine rings is 1. The van der Waals surface area contributed by atoms with Crippen molar-refractivity contribution in [2.24, 2.45) is 17.3 Å². The molecule has 2 aliphatic rings. The molecule has 0 amide bonds. The lowest BCUT2D eigenvalue weighted by atomic mass is 9.59. The number of nitriles is 1. The van der Waals surface area contributed by atoms with Crippen LogP contribution < -0.4 is 0 Å². The van der Waals surface area contributed by atoms with E-state index < -0.39 is 0 Å². The molecule has 0 N–H and O–H groups in total. The Morgan fingerprint density at radius 2 is 1.85 bits per heavy atom. The first-order valence-corrected chi connectivity index (χ1v) is 5.26. The monoisotopic (exact) mass is 178 g/mol. The van der Waals surface area contributed by atoms with Crippen molar-refractivity contribution in [3.8, 4) is 6.07 Å². The van der Waals surface area contributed by atoms with Gasteiger partial charge < -0.3 is 4.90 Å². The molecule has 2 nitrogen and oxygen atoms in total. The van der Waals surface area contributed by atoms with Crippen LogP contribution in [0.3, 0.4) is 0 Å². The first-order chi connectivity index (χ1) is 6.16. The van der Waals surface area contributed by atoms with Gasteiger partial charge in [-0.1, -0.05) is 6.42 Å². The standard InChI is InChI=1S/C11H18N2/c1-11(8-12)9-4-3-5-10(11)7-13(2)6-9/h9-10H,3-7H2,1-2H3. The van der Waals surface area contributed by atoms with Gasteiger partial charge in [0.2, 0.25) is 0 Å². The molecule has 0 radical (unpaired) electrons. The van der Waals surface area contributed by atoms with E-state index in [4.69, 9.17) is 0 Å². The van der Waals surface area contributed by atoms with Gasteiger partial charge in [0, 0.05) is 13.1 Å². The Bertz CT molecular complexity index is 227. The second-order valence-corrected chi connectivity index (χ2v) is 4.94. The van der Waals surface area contributed by atoms with Crippen LogP contribution >= 0.6 is 0 Å². The summed E-state index contributed by atoms with van der Waals surface area (Å²) >= 11 is 0. The van der Waals surface area contributed by atoms with E-state index in [0.717, 1.165) is 13.1 Å². The highest BCUT2D eigenvalue weighted by atomic mass is 15.1. The molecule has 2 rings (SSSR count). The third kappa shape index (κ3) is 1.26. The van der Waals surface area contributed by atoms with Crippen LogP contribution in [-0.4, -0.2) is 25.0 Å². The summed E-state index contributed by atoms with van der Waals surface area (Å²) in [5.41, 5.74) is -0.0231. The smallest absolute Gasteiger partial charge is 0.0693 e. The molecule has 0 aromatic rings. The predicted molar refractivity (Wildman–Crippen MR) is 52.0 cm³/mol. The van der Waals surface area contributed by atoms with Crippen molar-refractivity contribution in [3.05, 3.63) is 0 Å². The van der Waals surface area contributed by atoms with Crippen LogP contribution in [0.1, 0.15) is 26.2 Å². The van der Waals surface area contributed by atoms with Gasteiger partial charge in [0.15, 0.2) is 0 Å². The zero-order valence-corrected chi connectivity index (χ0v) is 8.58. The molecule has 1 saturated carbocycles. The van der Waals surface area contributed by atoms with Gasteiger partial charge in [-0.25, -0.2) is 0 Å². The average molecular weight is 178 g/mol. The molecule has 1 heterocycles. The Morgan fingerprint density at radius 1 is 1.31 bits per heavy atom. The highest BCUT2D eigenvalue weighted by molar-refractivity contribution is 5.09. The first-order valence-electron chi connectivity index (χ1n) is 5.26. The summed E-state index contributed by atoms with van der Waals surface area (Å²) in [7, 11) is 2.18. The Labute approximate surface area is 80.5 Å². The van der Waals surface area contributed by atoms with Crippen molar-refractivity contribution in [3.63, 3.8) is 0 Å². The Morgan fingerprint density at radius 3 is 2.31 bits per heavy atom. The van der Waals surface area contributed by atoms with Crippen molar-refractivity contribution < 1.29 is 0 Å². The molecule has 2 bridgehead atoms. The zero-order valence-electron chi connectivity index (χ0n) is 8.58. The fourth-order valence-corrected chi connectivity index (χ4v) is 3.12. The predicted octanol–water partition coefficient (Wildman–Crippen LogP) is 1.88. The molecule has 2 heteroatoms. The number of hydrogen-bond acceptors (Lipinski definition) is 2. The van der Waals surface area contributed by atoms with Gasteiger partial charge in [0.05, 0.1) is 11.5 Å². The number of hydrogen-bond donors (Lipinski definition) is 0. The normalized spacial score (nSPS) is 45.6. The van der Waals surface area contributed by atoms with Crippen molar-refractivity contribution in [2.45, 2.75) is 26.2 Å². The summed E-state index contributed by atoms with van der Waals surface area (Å²) in [5.74, 6) is 1.24. The van der Waals surface area contributed by atoms with Crippen molar-refractivity contribution >= 4 is 0 Å². The lowest BCUT2D eigenvalue weighted by Gasteiger charge is -2.50. The van der Waals surface area contributed by atoms with Gasteiger partial charge in [-0.3, -0.25) is 0 Å². The van der Waals surface area contributed by atoms with Crippen LogP contribution in [-0.2, 0) is 0 Å². The van der Waals surface area contributed by atoms with Gasteiger partial charge in [-0.15, -0.1) is 0 Å². The molecule has 2 unspecified atom stereocenters. The minimum absolute atomic E-state index is 0.0231. The van der Waals surface area contributed by atoms with Gasteiger partial charge in [-0.2, -0.15) is 5.26 Å². The largest absolute Gasteiger partial charge is 0.306 e. The molecule has 2 atom stereocenters. The van der Waals surface area contributed by atoms with Crippen molar-refractivity contribution in [1.82, 2.24) is 4.90 Å². The SMILES string of the molecule is CN1CC2CCCC(C1)C2(C)C#N. The molecule has 0 spiro atoms. The van der Waals surface area contributed by atoms with E-state index in [-0.39, 0.29) is 5.41 Å². The van der Waals surface area contributed by atoms with Crippen LogP contribution in [0.2, 0.25) is 0 Å². The van der Waals surface area contributed by atoms with E-state index in [1.165, 1.54) is 19.3 Å². The Hall–Kier alpha value is -0.550. The minimum Gasteiger partial charge on any atom is -0.306 e. The summed E-state index contributed by atoms with van der Waals surface area (Å²) < 4.78 is 0. The quantitative estimate of drug-likeness (QED) is 0.566. The lowest BCUT2D eigenvalue weighted by Crippen LogP contribution is -2.52. The second kappa shape index (κ2) is 2.99. The summed E-state index contributed by atoms with van der Waals surface area (Å²) in [4.78, 5) is 2.40. The molecule has 2 fully saturated rings. The highest BCUT2D eigenvalue weighted by Crippen LogP contribution is 2.48. The summed E-state index contributed by atoms with van der Waals surface area (Å²) in [5, 5.41) is 9.27. The maximum absolute atomic E-state index is 9.27. The lowest BCUT2D eigenvalue weighted by molar-refractivity contribution is 0.000276. The maximum Gasteiger partial charge on any atom is 0.0693 e. The van der Waals surface area contributed by atoms with Gasteiger partial charge >= 0.3 is 0 Å². The molecule has 72 valence electrons. The van der Waals surface area contributed by atoms with E-state index in [1.807, 2.05) is 0 Å². The number of fused-ring (bicyclic) bond motifs is 2. The highest BCUT2D eigenvalue weighted by Gasteiger charge is 2.47. The third-order valence-electron chi connectivity index (χ3n) is 4.11. The maximum atomic E-state index is 9.27. The van der Waals surface area contributed by atoms with Gasteiger partial charge in [0.25, 0.3) is 0 Å². The molecule has 1 aliphatic heterocycles. The van der Waals surface area contributed by atoms with E-state index in [2.05, 4.69) is 24.9 Å². The van der Waals surface area contributed by atoms with Crippen LogP contribution in [0.4, 0.5) is 0 Å².